The third-order valence-corrected chi connectivity index (χ3v) is 3.73. The minimum Gasteiger partial charge on any atom is -0.360 e. The molecule has 94 valence electrons. The van der Waals surface area contributed by atoms with E-state index >= 15 is 0 Å². The first kappa shape index (κ1) is 12.3. The number of ether oxygens (including phenoxy) is 1. The van der Waals surface area contributed by atoms with Crippen molar-refractivity contribution < 1.29 is 4.74 Å². The summed E-state index contributed by atoms with van der Waals surface area (Å²) in [5.41, 5.74) is 0.00511. The molecule has 0 aromatic carbocycles. The maximum absolute atomic E-state index is 5.99. The van der Waals surface area contributed by atoms with Crippen LogP contribution in [0.25, 0.3) is 0 Å². The molecule has 2 rings (SSSR count). The van der Waals surface area contributed by atoms with Crippen molar-refractivity contribution in [1.82, 2.24) is 10.2 Å². The van der Waals surface area contributed by atoms with Crippen LogP contribution in [0.4, 0.5) is 0 Å². The topological polar surface area (TPSA) is 24.5 Å². The van der Waals surface area contributed by atoms with E-state index in [2.05, 4.69) is 31.0 Å². The maximum atomic E-state index is 5.99. The molecule has 2 fully saturated rings. The van der Waals surface area contributed by atoms with Gasteiger partial charge in [-0.3, -0.25) is 5.32 Å². The van der Waals surface area contributed by atoms with E-state index in [0.29, 0.717) is 6.04 Å². The van der Waals surface area contributed by atoms with E-state index < -0.39 is 0 Å². The fourth-order valence-electron chi connectivity index (χ4n) is 2.90. The summed E-state index contributed by atoms with van der Waals surface area (Å²) in [4.78, 5) is 2.57. The molecule has 0 aromatic rings. The van der Waals surface area contributed by atoms with Crippen LogP contribution in [0.5, 0.6) is 0 Å². The van der Waals surface area contributed by atoms with Gasteiger partial charge in [0.05, 0.1) is 6.61 Å². The Morgan fingerprint density at radius 3 is 2.62 bits per heavy atom. The van der Waals surface area contributed by atoms with E-state index in [9.17, 15) is 0 Å². The van der Waals surface area contributed by atoms with Gasteiger partial charge in [-0.15, -0.1) is 0 Å². The number of hydrogen-bond donors (Lipinski definition) is 1. The fraction of sp³-hybridized carbons (Fsp3) is 1.00. The highest BCUT2D eigenvalue weighted by molar-refractivity contribution is 4.90. The first-order valence-corrected chi connectivity index (χ1v) is 6.74. The molecule has 2 saturated heterocycles. The Labute approximate surface area is 99.5 Å². The molecule has 0 bridgehead atoms. The average molecular weight is 226 g/mol. The Morgan fingerprint density at radius 2 is 2.06 bits per heavy atom. The Bertz CT molecular complexity index is 222. The summed E-state index contributed by atoms with van der Waals surface area (Å²) in [6, 6.07) is 0.616. The van der Waals surface area contributed by atoms with Gasteiger partial charge in [-0.1, -0.05) is 13.8 Å². The Morgan fingerprint density at radius 1 is 1.38 bits per heavy atom. The number of hydrogen-bond acceptors (Lipinski definition) is 3. The molecular weight excluding hydrogens is 200 g/mol. The highest BCUT2D eigenvalue weighted by Crippen LogP contribution is 2.28. The van der Waals surface area contributed by atoms with Crippen LogP contribution >= 0.6 is 0 Å². The molecule has 2 heterocycles. The predicted molar refractivity (Wildman–Crippen MR) is 66.4 cm³/mol. The van der Waals surface area contributed by atoms with E-state index in [4.69, 9.17) is 4.74 Å². The van der Waals surface area contributed by atoms with Crippen molar-refractivity contribution in [2.75, 3.05) is 26.2 Å². The third kappa shape index (κ3) is 2.96. The summed E-state index contributed by atoms with van der Waals surface area (Å²) < 4.78 is 5.99. The van der Waals surface area contributed by atoms with Crippen molar-refractivity contribution in [3.05, 3.63) is 0 Å². The molecule has 1 spiro atoms. The fourth-order valence-corrected chi connectivity index (χ4v) is 2.90. The average Bonchev–Trinajstić information content (AvgIpc) is 2.21. The Kier molecular flexibility index (Phi) is 3.88. The zero-order valence-electron chi connectivity index (χ0n) is 11.0. The molecule has 3 heteroatoms. The van der Waals surface area contributed by atoms with Gasteiger partial charge in [-0.05, 0) is 19.3 Å². The van der Waals surface area contributed by atoms with E-state index in [1.54, 1.807) is 0 Å². The van der Waals surface area contributed by atoms with Crippen LogP contribution in [0.2, 0.25) is 0 Å². The van der Waals surface area contributed by atoms with Gasteiger partial charge >= 0.3 is 0 Å². The van der Waals surface area contributed by atoms with E-state index in [0.717, 1.165) is 31.8 Å². The lowest BCUT2D eigenvalue weighted by Crippen LogP contribution is -2.60. The van der Waals surface area contributed by atoms with Crippen LogP contribution in [-0.2, 0) is 4.74 Å². The highest BCUT2D eigenvalue weighted by atomic mass is 16.5. The summed E-state index contributed by atoms with van der Waals surface area (Å²) in [5.74, 6) is 0.771. The van der Waals surface area contributed by atoms with Gasteiger partial charge in [0, 0.05) is 38.5 Å². The predicted octanol–water partition coefficient (Wildman–Crippen LogP) is 1.83. The first-order chi connectivity index (χ1) is 7.60. The van der Waals surface area contributed by atoms with Crippen LogP contribution in [0, 0.1) is 5.92 Å². The number of rotatable bonds is 2. The van der Waals surface area contributed by atoms with Crippen LogP contribution in [-0.4, -0.2) is 42.9 Å². The lowest BCUT2D eigenvalue weighted by Gasteiger charge is -2.46. The third-order valence-electron chi connectivity index (χ3n) is 3.73. The second-order valence-electron chi connectivity index (χ2n) is 5.87. The van der Waals surface area contributed by atoms with Crippen LogP contribution in [0.1, 0.15) is 40.0 Å². The standard InChI is InChI=1S/C13H26N2O/c1-11(2)10-15-7-5-13(6-8-15)14-12(3)4-9-16-13/h11-12,14H,4-10H2,1-3H3. The van der Waals surface area contributed by atoms with Crippen LogP contribution in [0.15, 0.2) is 0 Å². The summed E-state index contributed by atoms with van der Waals surface area (Å²) in [7, 11) is 0. The summed E-state index contributed by atoms with van der Waals surface area (Å²) in [6.07, 6.45) is 3.44. The van der Waals surface area contributed by atoms with Crippen molar-refractivity contribution in [3.8, 4) is 0 Å². The van der Waals surface area contributed by atoms with Gasteiger partial charge in [-0.25, -0.2) is 0 Å². The Hall–Kier alpha value is -0.120. The van der Waals surface area contributed by atoms with E-state index in [1.807, 2.05) is 0 Å². The van der Waals surface area contributed by atoms with Gasteiger partial charge in [0.25, 0.3) is 0 Å². The SMILES string of the molecule is CC(C)CN1CCC2(CC1)NC(C)CCO2. The minimum atomic E-state index is 0.00511. The van der Waals surface area contributed by atoms with Gasteiger partial charge in [-0.2, -0.15) is 0 Å². The largest absolute Gasteiger partial charge is 0.360 e. The molecule has 1 atom stereocenters. The van der Waals surface area contributed by atoms with Crippen molar-refractivity contribution >= 4 is 0 Å². The van der Waals surface area contributed by atoms with Crippen molar-refractivity contribution in [1.29, 1.82) is 0 Å². The zero-order valence-corrected chi connectivity index (χ0v) is 11.0. The number of piperidine rings is 1. The van der Waals surface area contributed by atoms with Crippen LogP contribution < -0.4 is 5.32 Å². The summed E-state index contributed by atoms with van der Waals surface area (Å²) in [6.45, 7) is 11.4. The maximum Gasteiger partial charge on any atom is 0.121 e. The molecule has 1 N–H and O–H groups in total. The molecule has 0 saturated carbocycles. The molecule has 2 aliphatic heterocycles. The smallest absolute Gasteiger partial charge is 0.121 e. The number of likely N-dealkylation sites (tertiary alicyclic amines) is 1. The molecule has 16 heavy (non-hydrogen) atoms. The monoisotopic (exact) mass is 226 g/mol. The Balaban J connectivity index is 1.83. The molecular formula is C13H26N2O. The van der Waals surface area contributed by atoms with Crippen molar-refractivity contribution in [2.45, 2.75) is 51.8 Å². The first-order valence-electron chi connectivity index (χ1n) is 6.74. The number of nitrogens with one attached hydrogen (secondary N) is 1. The molecule has 1 unspecified atom stereocenters. The lowest BCUT2D eigenvalue weighted by molar-refractivity contribution is -0.138. The van der Waals surface area contributed by atoms with Gasteiger partial charge in [0.1, 0.15) is 5.72 Å². The van der Waals surface area contributed by atoms with E-state index in [-0.39, 0.29) is 5.72 Å². The quantitative estimate of drug-likeness (QED) is 0.777. The van der Waals surface area contributed by atoms with Crippen molar-refractivity contribution in [2.24, 2.45) is 5.92 Å². The van der Waals surface area contributed by atoms with Gasteiger partial charge in [0.15, 0.2) is 0 Å². The second-order valence-corrected chi connectivity index (χ2v) is 5.87. The van der Waals surface area contributed by atoms with Crippen molar-refractivity contribution in [3.63, 3.8) is 0 Å². The van der Waals surface area contributed by atoms with Crippen LogP contribution in [0.3, 0.4) is 0 Å². The molecule has 2 aliphatic rings. The number of nitrogens with zero attached hydrogens (tertiary/aromatic N) is 1. The lowest BCUT2D eigenvalue weighted by atomic mass is 9.96. The minimum absolute atomic E-state index is 0.00511. The highest BCUT2D eigenvalue weighted by Gasteiger charge is 2.38. The molecule has 0 aliphatic carbocycles. The second kappa shape index (κ2) is 5.03. The summed E-state index contributed by atoms with van der Waals surface area (Å²) >= 11 is 0. The summed E-state index contributed by atoms with van der Waals surface area (Å²) in [5, 5.41) is 3.66. The van der Waals surface area contributed by atoms with Gasteiger partial charge in [0.2, 0.25) is 0 Å². The molecule has 0 aromatic heterocycles. The molecule has 0 radical (unpaired) electrons. The zero-order chi connectivity index (χ0) is 11.6. The molecule has 3 nitrogen and oxygen atoms in total. The van der Waals surface area contributed by atoms with Gasteiger partial charge < -0.3 is 9.64 Å². The van der Waals surface area contributed by atoms with E-state index in [1.165, 1.54) is 19.6 Å². The molecule has 0 amide bonds. The normalized spacial score (nSPS) is 31.1.